The van der Waals surface area contributed by atoms with Gasteiger partial charge in [-0.1, -0.05) is 55.4 Å². The van der Waals surface area contributed by atoms with Crippen molar-refractivity contribution in [2.75, 3.05) is 0 Å². The molecule has 0 amide bonds. The van der Waals surface area contributed by atoms with Crippen LogP contribution in [0.5, 0.6) is 0 Å². The maximum atomic E-state index is 12.0. The van der Waals surface area contributed by atoms with Crippen LogP contribution in [0.25, 0.3) is 11.3 Å². The first-order valence-electron chi connectivity index (χ1n) is 7.34. The van der Waals surface area contributed by atoms with E-state index in [1.54, 1.807) is 0 Å². The first-order chi connectivity index (χ1) is 10.1. The van der Waals surface area contributed by atoms with Crippen molar-refractivity contribution in [2.45, 2.75) is 50.5 Å². The van der Waals surface area contributed by atoms with E-state index in [4.69, 9.17) is 4.42 Å². The lowest BCUT2D eigenvalue weighted by Gasteiger charge is -2.06. The van der Waals surface area contributed by atoms with Gasteiger partial charge in [0.1, 0.15) is 5.78 Å². The molecule has 21 heavy (non-hydrogen) atoms. The summed E-state index contributed by atoms with van der Waals surface area (Å²) >= 11 is 1.40. The van der Waals surface area contributed by atoms with Gasteiger partial charge in [0.15, 0.2) is 5.76 Å². The minimum absolute atomic E-state index is 0.113. The number of aryl methyl sites for hydroxylation is 1. The van der Waals surface area contributed by atoms with Crippen molar-refractivity contribution in [1.29, 1.82) is 0 Å². The summed E-state index contributed by atoms with van der Waals surface area (Å²) in [5, 5.41) is 0.460. The molecule has 0 spiro atoms. The number of hydrogen-bond donors (Lipinski definition) is 0. The Hall–Kier alpha value is -1.55. The number of thioether (sulfide) groups is 1. The van der Waals surface area contributed by atoms with E-state index in [1.165, 1.54) is 11.8 Å². The van der Waals surface area contributed by atoms with Gasteiger partial charge in [-0.25, -0.2) is 4.98 Å². The molecule has 0 aliphatic heterocycles. The number of hydrogen-bond acceptors (Lipinski definition) is 4. The molecular formula is C17H21NO2S. The molecule has 1 aromatic carbocycles. The summed E-state index contributed by atoms with van der Waals surface area (Å²) < 4.78 is 5.83. The molecule has 0 saturated carbocycles. The van der Waals surface area contributed by atoms with Crippen LogP contribution in [-0.2, 0) is 4.79 Å². The third-order valence-corrected chi connectivity index (χ3v) is 4.31. The fourth-order valence-electron chi connectivity index (χ4n) is 2.05. The van der Waals surface area contributed by atoms with Crippen molar-refractivity contribution < 1.29 is 9.21 Å². The minimum atomic E-state index is -0.113. The Morgan fingerprint density at radius 3 is 2.71 bits per heavy atom. The molecule has 2 aromatic rings. The Bertz CT molecular complexity index is 592. The smallest absolute Gasteiger partial charge is 0.257 e. The SMILES string of the molecule is CCCCC(=O)C(C)Sc1nc(C)c(-c2ccccc2)o1. The molecule has 1 heterocycles. The van der Waals surface area contributed by atoms with Gasteiger partial charge in [-0.2, -0.15) is 0 Å². The largest absolute Gasteiger partial charge is 0.431 e. The minimum Gasteiger partial charge on any atom is -0.431 e. The van der Waals surface area contributed by atoms with Crippen LogP contribution in [0.2, 0.25) is 0 Å². The lowest BCUT2D eigenvalue weighted by Crippen LogP contribution is -2.12. The van der Waals surface area contributed by atoms with Crippen LogP contribution >= 0.6 is 11.8 Å². The standard InChI is InChI=1S/C17H21NO2S/c1-4-5-11-15(19)13(3)21-17-18-12(2)16(20-17)14-9-7-6-8-10-14/h6-10,13H,4-5,11H2,1-3H3. The first-order valence-corrected chi connectivity index (χ1v) is 8.22. The van der Waals surface area contributed by atoms with Gasteiger partial charge in [-0.05, 0) is 20.3 Å². The second kappa shape index (κ2) is 7.46. The molecule has 1 unspecified atom stereocenters. The highest BCUT2D eigenvalue weighted by Gasteiger charge is 2.19. The highest BCUT2D eigenvalue weighted by Crippen LogP contribution is 2.31. The molecule has 0 bridgehead atoms. The van der Waals surface area contributed by atoms with E-state index in [1.807, 2.05) is 44.2 Å². The van der Waals surface area contributed by atoms with Gasteiger partial charge in [0.05, 0.1) is 10.9 Å². The first kappa shape index (κ1) is 15.8. The molecule has 4 heteroatoms. The summed E-state index contributed by atoms with van der Waals surface area (Å²) in [6, 6.07) is 9.91. The fourth-order valence-corrected chi connectivity index (χ4v) is 2.92. The quantitative estimate of drug-likeness (QED) is 0.683. The second-order valence-corrected chi connectivity index (χ2v) is 6.38. The van der Waals surface area contributed by atoms with E-state index in [0.717, 1.165) is 29.9 Å². The van der Waals surface area contributed by atoms with E-state index in [2.05, 4.69) is 11.9 Å². The van der Waals surface area contributed by atoms with Crippen LogP contribution in [0.15, 0.2) is 40.0 Å². The van der Waals surface area contributed by atoms with Gasteiger partial charge in [-0.3, -0.25) is 4.79 Å². The number of oxazole rings is 1. The van der Waals surface area contributed by atoms with Crippen LogP contribution in [0.1, 0.15) is 38.8 Å². The van der Waals surface area contributed by atoms with Gasteiger partial charge >= 0.3 is 0 Å². The molecule has 0 aliphatic carbocycles. The van der Waals surface area contributed by atoms with Crippen molar-refractivity contribution in [1.82, 2.24) is 4.98 Å². The second-order valence-electron chi connectivity index (χ2n) is 5.09. The van der Waals surface area contributed by atoms with Crippen molar-refractivity contribution >= 4 is 17.5 Å². The number of unbranched alkanes of at least 4 members (excludes halogenated alkanes) is 1. The molecular weight excluding hydrogens is 282 g/mol. The summed E-state index contributed by atoms with van der Waals surface area (Å²) in [5.41, 5.74) is 1.87. The average molecular weight is 303 g/mol. The molecule has 0 fully saturated rings. The lowest BCUT2D eigenvalue weighted by atomic mass is 10.1. The van der Waals surface area contributed by atoms with Crippen LogP contribution in [0, 0.1) is 6.92 Å². The Morgan fingerprint density at radius 1 is 1.33 bits per heavy atom. The van der Waals surface area contributed by atoms with Gasteiger partial charge in [0.25, 0.3) is 5.22 Å². The highest BCUT2D eigenvalue weighted by molar-refractivity contribution is 8.00. The zero-order chi connectivity index (χ0) is 15.2. The summed E-state index contributed by atoms with van der Waals surface area (Å²) in [6.45, 7) is 5.94. The Morgan fingerprint density at radius 2 is 2.05 bits per heavy atom. The number of ketones is 1. The van der Waals surface area contributed by atoms with Crippen molar-refractivity contribution in [3.63, 3.8) is 0 Å². The monoisotopic (exact) mass is 303 g/mol. The molecule has 0 radical (unpaired) electrons. The van der Waals surface area contributed by atoms with Crippen molar-refractivity contribution in [3.8, 4) is 11.3 Å². The number of benzene rings is 1. The van der Waals surface area contributed by atoms with Gasteiger partial charge in [-0.15, -0.1) is 0 Å². The summed E-state index contributed by atoms with van der Waals surface area (Å²) in [4.78, 5) is 16.4. The van der Waals surface area contributed by atoms with Gasteiger partial charge in [0, 0.05) is 12.0 Å². The molecule has 3 nitrogen and oxygen atoms in total. The molecule has 112 valence electrons. The van der Waals surface area contributed by atoms with E-state index in [9.17, 15) is 4.79 Å². The highest BCUT2D eigenvalue weighted by atomic mass is 32.2. The topological polar surface area (TPSA) is 43.1 Å². The lowest BCUT2D eigenvalue weighted by molar-refractivity contribution is -0.118. The van der Waals surface area contributed by atoms with Gasteiger partial charge < -0.3 is 4.42 Å². The number of carbonyl (C=O) groups excluding carboxylic acids is 1. The molecule has 0 N–H and O–H groups in total. The van der Waals surface area contributed by atoms with E-state index in [0.29, 0.717) is 11.6 Å². The molecule has 1 atom stereocenters. The van der Waals surface area contributed by atoms with Gasteiger partial charge in [0.2, 0.25) is 0 Å². The Balaban J connectivity index is 2.07. The summed E-state index contributed by atoms with van der Waals surface area (Å²) in [7, 11) is 0. The Kier molecular flexibility index (Phi) is 5.62. The van der Waals surface area contributed by atoms with E-state index < -0.39 is 0 Å². The van der Waals surface area contributed by atoms with Crippen LogP contribution < -0.4 is 0 Å². The van der Waals surface area contributed by atoms with Crippen LogP contribution in [0.4, 0.5) is 0 Å². The number of carbonyl (C=O) groups is 1. The summed E-state index contributed by atoms with van der Waals surface area (Å²) in [6.07, 6.45) is 2.62. The Labute approximate surface area is 130 Å². The number of Topliss-reactive ketones (excluding diaryl/α,β-unsaturated/α-hetero) is 1. The molecule has 2 rings (SSSR count). The fraction of sp³-hybridized carbons (Fsp3) is 0.412. The summed E-state index contributed by atoms with van der Waals surface area (Å²) in [5.74, 6) is 1.05. The van der Waals surface area contributed by atoms with Crippen molar-refractivity contribution in [2.24, 2.45) is 0 Å². The zero-order valence-corrected chi connectivity index (χ0v) is 13.6. The maximum Gasteiger partial charge on any atom is 0.257 e. The number of nitrogens with zero attached hydrogens (tertiary/aromatic N) is 1. The third kappa shape index (κ3) is 4.21. The van der Waals surface area contributed by atoms with Crippen LogP contribution in [0.3, 0.4) is 0 Å². The van der Waals surface area contributed by atoms with Crippen molar-refractivity contribution in [3.05, 3.63) is 36.0 Å². The number of aromatic nitrogens is 1. The normalized spacial score (nSPS) is 12.3. The molecule has 1 aromatic heterocycles. The van der Waals surface area contributed by atoms with E-state index >= 15 is 0 Å². The maximum absolute atomic E-state index is 12.0. The predicted molar refractivity (Wildman–Crippen MR) is 86.5 cm³/mol. The van der Waals surface area contributed by atoms with E-state index in [-0.39, 0.29) is 11.0 Å². The third-order valence-electron chi connectivity index (χ3n) is 3.32. The molecule has 0 aliphatic rings. The average Bonchev–Trinajstić information content (AvgIpc) is 2.86. The number of rotatable bonds is 7. The predicted octanol–water partition coefficient (Wildman–Crippen LogP) is 4.89. The molecule has 0 saturated heterocycles. The zero-order valence-electron chi connectivity index (χ0n) is 12.8. The van der Waals surface area contributed by atoms with Crippen LogP contribution in [-0.4, -0.2) is 16.0 Å².